The third-order valence-electron chi connectivity index (χ3n) is 6.93. The monoisotopic (exact) mass is 506 g/mol. The summed E-state index contributed by atoms with van der Waals surface area (Å²) >= 11 is 1.22. The second-order valence-electron chi connectivity index (χ2n) is 9.55. The maximum absolute atomic E-state index is 14.7. The lowest BCUT2D eigenvalue weighted by Gasteiger charge is -2.35. The number of alkyl halides is 3. The number of allylic oxidation sites excluding steroid dienone is 2. The van der Waals surface area contributed by atoms with Crippen LogP contribution in [0.1, 0.15) is 87.1 Å². The van der Waals surface area contributed by atoms with E-state index in [0.717, 1.165) is 49.1 Å². The molecule has 0 aromatic heterocycles. The SMILES string of the molecule is CCCCc1cc(CC/C=C/CCC(C)CC)c(C)cc1C(O)(c1ccccc1SC)C(F)(F)F. The van der Waals surface area contributed by atoms with Crippen molar-refractivity contribution in [2.75, 3.05) is 6.26 Å². The fourth-order valence-corrected chi connectivity index (χ4v) is 5.09. The molecule has 0 aliphatic heterocycles. The van der Waals surface area contributed by atoms with E-state index in [0.29, 0.717) is 16.9 Å². The molecule has 2 atom stereocenters. The van der Waals surface area contributed by atoms with Gasteiger partial charge in [-0.1, -0.05) is 76.1 Å². The van der Waals surface area contributed by atoms with E-state index in [9.17, 15) is 18.3 Å². The summed E-state index contributed by atoms with van der Waals surface area (Å²) in [5.41, 5.74) is -0.774. The highest BCUT2D eigenvalue weighted by atomic mass is 32.2. The van der Waals surface area contributed by atoms with Crippen molar-refractivity contribution < 1.29 is 18.3 Å². The van der Waals surface area contributed by atoms with E-state index in [1.54, 1.807) is 30.5 Å². The van der Waals surface area contributed by atoms with E-state index < -0.39 is 11.8 Å². The van der Waals surface area contributed by atoms with Crippen LogP contribution in [0.2, 0.25) is 0 Å². The summed E-state index contributed by atoms with van der Waals surface area (Å²) in [6, 6.07) is 9.79. The van der Waals surface area contributed by atoms with Crippen LogP contribution < -0.4 is 0 Å². The molecule has 0 radical (unpaired) electrons. The van der Waals surface area contributed by atoms with Gasteiger partial charge in [-0.05, 0) is 80.4 Å². The largest absolute Gasteiger partial charge is 0.425 e. The zero-order valence-corrected chi connectivity index (χ0v) is 22.7. The average molecular weight is 507 g/mol. The molecule has 0 heterocycles. The molecule has 0 spiro atoms. The van der Waals surface area contributed by atoms with Gasteiger partial charge in [-0.3, -0.25) is 0 Å². The van der Waals surface area contributed by atoms with Gasteiger partial charge in [0.25, 0.3) is 0 Å². The molecule has 0 aliphatic rings. The molecule has 1 N–H and O–H groups in total. The van der Waals surface area contributed by atoms with E-state index >= 15 is 0 Å². The first kappa shape index (κ1) is 29.5. The van der Waals surface area contributed by atoms with E-state index in [4.69, 9.17) is 0 Å². The van der Waals surface area contributed by atoms with Crippen LogP contribution in [-0.2, 0) is 18.4 Å². The highest BCUT2D eigenvalue weighted by Gasteiger charge is 2.58. The second kappa shape index (κ2) is 13.5. The first-order valence-corrected chi connectivity index (χ1v) is 14.0. The van der Waals surface area contributed by atoms with Crippen LogP contribution in [0.4, 0.5) is 13.2 Å². The molecule has 0 saturated carbocycles. The van der Waals surface area contributed by atoms with E-state index in [1.165, 1.54) is 30.7 Å². The molecular formula is C30H41F3OS. The van der Waals surface area contributed by atoms with Gasteiger partial charge in [-0.15, -0.1) is 11.8 Å². The maximum atomic E-state index is 14.7. The van der Waals surface area contributed by atoms with Crippen LogP contribution in [0.5, 0.6) is 0 Å². The van der Waals surface area contributed by atoms with Crippen molar-refractivity contribution in [1.82, 2.24) is 0 Å². The molecule has 35 heavy (non-hydrogen) atoms. The molecule has 1 nitrogen and oxygen atoms in total. The van der Waals surface area contributed by atoms with Crippen LogP contribution in [0.3, 0.4) is 0 Å². The van der Waals surface area contributed by atoms with Crippen LogP contribution in [0.25, 0.3) is 0 Å². The minimum Gasteiger partial charge on any atom is -0.372 e. The predicted octanol–water partition coefficient (Wildman–Crippen LogP) is 9.17. The third-order valence-corrected chi connectivity index (χ3v) is 7.72. The van der Waals surface area contributed by atoms with Gasteiger partial charge in [0, 0.05) is 16.0 Å². The van der Waals surface area contributed by atoms with E-state index in [-0.39, 0.29) is 11.1 Å². The summed E-state index contributed by atoms with van der Waals surface area (Å²) < 4.78 is 44.0. The number of halogens is 3. The molecule has 0 fully saturated rings. The lowest BCUT2D eigenvalue weighted by Crippen LogP contribution is -2.44. The number of aryl methyl sites for hydroxylation is 3. The van der Waals surface area contributed by atoms with Crippen molar-refractivity contribution in [2.24, 2.45) is 5.92 Å². The Morgan fingerprint density at radius 1 is 0.971 bits per heavy atom. The van der Waals surface area contributed by atoms with Gasteiger partial charge in [0.2, 0.25) is 5.60 Å². The number of thioether (sulfide) groups is 1. The Morgan fingerprint density at radius 3 is 2.29 bits per heavy atom. The smallest absolute Gasteiger partial charge is 0.372 e. The maximum Gasteiger partial charge on any atom is 0.425 e. The zero-order chi connectivity index (χ0) is 26.1. The Hall–Kier alpha value is -1.72. The number of aliphatic hydroxyl groups is 1. The van der Waals surface area contributed by atoms with Gasteiger partial charge in [-0.2, -0.15) is 13.2 Å². The zero-order valence-electron chi connectivity index (χ0n) is 21.8. The van der Waals surface area contributed by atoms with Crippen LogP contribution in [0, 0.1) is 12.8 Å². The summed E-state index contributed by atoms with van der Waals surface area (Å²) in [5, 5.41) is 11.5. The minimum atomic E-state index is -4.86. The van der Waals surface area contributed by atoms with Crippen molar-refractivity contribution in [3.05, 3.63) is 76.4 Å². The van der Waals surface area contributed by atoms with Crippen LogP contribution in [0.15, 0.2) is 53.4 Å². The van der Waals surface area contributed by atoms with Gasteiger partial charge < -0.3 is 5.11 Å². The molecule has 2 rings (SSSR count). The first-order valence-electron chi connectivity index (χ1n) is 12.8. The quantitative estimate of drug-likeness (QED) is 0.216. The molecule has 5 heteroatoms. The van der Waals surface area contributed by atoms with Gasteiger partial charge in [0.1, 0.15) is 0 Å². The summed E-state index contributed by atoms with van der Waals surface area (Å²) in [5.74, 6) is 0.721. The van der Waals surface area contributed by atoms with Gasteiger partial charge >= 0.3 is 6.18 Å². The summed E-state index contributed by atoms with van der Waals surface area (Å²) in [4.78, 5) is 0.429. The summed E-state index contributed by atoms with van der Waals surface area (Å²) in [6.45, 7) is 8.34. The molecule has 0 aliphatic carbocycles. The molecule has 0 saturated heterocycles. The summed E-state index contributed by atoms with van der Waals surface area (Å²) in [7, 11) is 0. The normalized spacial score (nSPS) is 14.9. The van der Waals surface area contributed by atoms with Gasteiger partial charge in [0.05, 0.1) is 0 Å². The van der Waals surface area contributed by atoms with Crippen LogP contribution >= 0.6 is 11.8 Å². The number of benzene rings is 2. The number of hydrogen-bond donors (Lipinski definition) is 1. The fraction of sp³-hybridized carbons (Fsp3) is 0.533. The number of hydrogen-bond acceptors (Lipinski definition) is 2. The standard InChI is InChI=1S/C30H41F3OS/c1-6-8-16-25-21-24(17-12-10-9-11-15-22(3)7-2)23(4)20-27(25)29(34,30(31,32)33)26-18-13-14-19-28(26)35-5/h9-10,13-14,18-22,34H,6-8,11-12,15-17H2,1-5H3/b10-9+. The topological polar surface area (TPSA) is 20.2 Å². The van der Waals surface area contributed by atoms with Crippen molar-refractivity contribution in [2.45, 2.75) is 95.7 Å². The Labute approximate surface area is 214 Å². The molecule has 0 bridgehead atoms. The molecule has 2 unspecified atom stereocenters. The Kier molecular flexibility index (Phi) is 11.4. The first-order chi connectivity index (χ1) is 16.6. The lowest BCUT2D eigenvalue weighted by molar-refractivity contribution is -0.249. The van der Waals surface area contributed by atoms with E-state index in [1.807, 2.05) is 19.9 Å². The number of unbranched alkanes of at least 4 members (excludes halogenated alkanes) is 1. The van der Waals surface area contributed by atoms with Crippen molar-refractivity contribution in [3.63, 3.8) is 0 Å². The van der Waals surface area contributed by atoms with Crippen molar-refractivity contribution >= 4 is 11.8 Å². The highest BCUT2D eigenvalue weighted by Crippen LogP contribution is 2.48. The molecule has 2 aromatic carbocycles. The van der Waals surface area contributed by atoms with Crippen LogP contribution in [-0.4, -0.2) is 17.5 Å². The predicted molar refractivity (Wildman–Crippen MR) is 143 cm³/mol. The summed E-state index contributed by atoms with van der Waals surface area (Å²) in [6.07, 6.45) is 8.47. The number of rotatable bonds is 13. The Morgan fingerprint density at radius 2 is 1.66 bits per heavy atom. The molecule has 194 valence electrons. The average Bonchev–Trinajstić information content (AvgIpc) is 2.84. The molecular weight excluding hydrogens is 465 g/mol. The highest BCUT2D eigenvalue weighted by molar-refractivity contribution is 7.98. The molecule has 2 aromatic rings. The lowest BCUT2D eigenvalue weighted by atomic mass is 9.79. The Balaban J connectivity index is 2.46. The van der Waals surface area contributed by atoms with Crippen molar-refractivity contribution in [1.29, 1.82) is 0 Å². The van der Waals surface area contributed by atoms with Gasteiger partial charge in [-0.25, -0.2) is 0 Å². The molecule has 0 amide bonds. The van der Waals surface area contributed by atoms with E-state index in [2.05, 4.69) is 26.0 Å². The fourth-order valence-electron chi connectivity index (χ4n) is 4.44. The Bertz CT molecular complexity index is 967. The minimum absolute atomic E-state index is 0.0368. The third kappa shape index (κ3) is 7.39. The van der Waals surface area contributed by atoms with Gasteiger partial charge in [0.15, 0.2) is 0 Å². The second-order valence-corrected chi connectivity index (χ2v) is 10.4. The van der Waals surface area contributed by atoms with Crippen molar-refractivity contribution in [3.8, 4) is 0 Å².